The zero-order chi connectivity index (χ0) is 29.1. The molecule has 11 nitrogen and oxygen atoms in total. The second-order valence-corrected chi connectivity index (χ2v) is 13.4. The maximum atomic E-state index is 13.7. The number of hydrogen-bond acceptors (Lipinski definition) is 9. The third-order valence-electron chi connectivity index (χ3n) is 6.75. The van der Waals surface area contributed by atoms with Crippen LogP contribution in [0.15, 0.2) is 86.1 Å². The highest BCUT2D eigenvalue weighted by atomic mass is 35.5. The number of halogens is 1. The van der Waals surface area contributed by atoms with Gasteiger partial charge >= 0.3 is 4.87 Å². The molecule has 0 unspecified atom stereocenters. The highest BCUT2D eigenvalue weighted by molar-refractivity contribution is 8.00. The standard InChI is InChI=1S/C26H19ClN4O7S3/c27-13-3-7-15(8-4-13)31-23(33)20-19(17-2-1-11-38-17)22-25(39-21(20)24(31)34)30(26(35)40-22)12-18(32)29-14-5-9-16(10-6-14)41(28,36)37/h1-11,19-21H,12H2,(H,29,32)(H2,28,36,37)/t19-,20-,21+/m0/s1. The van der Waals surface area contributed by atoms with E-state index in [9.17, 15) is 27.6 Å². The number of furan rings is 1. The molecule has 0 radical (unpaired) electrons. The summed E-state index contributed by atoms with van der Waals surface area (Å²) in [6.45, 7) is -0.375. The predicted octanol–water partition coefficient (Wildman–Crippen LogP) is 3.24. The Labute approximate surface area is 245 Å². The summed E-state index contributed by atoms with van der Waals surface area (Å²) in [6, 6.07) is 15.0. The van der Waals surface area contributed by atoms with Gasteiger partial charge in [-0.3, -0.25) is 23.7 Å². The Morgan fingerprint density at radius 1 is 1.02 bits per heavy atom. The molecule has 41 heavy (non-hydrogen) atoms. The van der Waals surface area contributed by atoms with E-state index in [2.05, 4.69) is 5.32 Å². The van der Waals surface area contributed by atoms with Gasteiger partial charge in [-0.15, -0.1) is 0 Å². The third-order valence-corrected chi connectivity index (χ3v) is 10.5. The van der Waals surface area contributed by atoms with Gasteiger partial charge < -0.3 is 9.73 Å². The number of aromatic nitrogens is 1. The van der Waals surface area contributed by atoms with Crippen molar-refractivity contribution < 1.29 is 27.2 Å². The zero-order valence-corrected chi connectivity index (χ0v) is 23.9. The second-order valence-electron chi connectivity index (χ2n) is 9.29. The van der Waals surface area contributed by atoms with Crippen molar-refractivity contribution in [3.8, 4) is 0 Å². The molecule has 0 aliphatic carbocycles. The van der Waals surface area contributed by atoms with Gasteiger partial charge in [0.1, 0.15) is 17.6 Å². The predicted molar refractivity (Wildman–Crippen MR) is 153 cm³/mol. The number of rotatable bonds is 6. The number of primary sulfonamides is 1. The van der Waals surface area contributed by atoms with E-state index in [1.54, 1.807) is 36.4 Å². The van der Waals surface area contributed by atoms with E-state index in [-0.39, 0.29) is 11.4 Å². The average Bonchev–Trinajstić information content (AvgIpc) is 3.62. The van der Waals surface area contributed by atoms with E-state index in [0.717, 1.165) is 28.0 Å². The molecule has 2 aliphatic rings. The number of hydrogen-bond donors (Lipinski definition) is 2. The molecule has 2 aromatic carbocycles. The molecule has 4 heterocycles. The molecule has 6 rings (SSSR count). The Balaban J connectivity index is 1.33. The van der Waals surface area contributed by atoms with Gasteiger partial charge in [-0.25, -0.2) is 18.5 Å². The Hall–Kier alpha value is -3.69. The van der Waals surface area contributed by atoms with Crippen LogP contribution in [0.2, 0.25) is 5.02 Å². The van der Waals surface area contributed by atoms with E-state index in [4.69, 9.17) is 21.2 Å². The van der Waals surface area contributed by atoms with Crippen LogP contribution in [-0.4, -0.2) is 36.0 Å². The van der Waals surface area contributed by atoms with Crippen molar-refractivity contribution in [3.63, 3.8) is 0 Å². The summed E-state index contributed by atoms with van der Waals surface area (Å²) in [6.07, 6.45) is 1.46. The van der Waals surface area contributed by atoms with Crippen molar-refractivity contribution in [1.82, 2.24) is 4.57 Å². The summed E-state index contributed by atoms with van der Waals surface area (Å²) in [4.78, 5) is 54.6. The maximum absolute atomic E-state index is 13.7. The van der Waals surface area contributed by atoms with Crippen molar-refractivity contribution in [2.24, 2.45) is 11.1 Å². The molecule has 4 aromatic rings. The summed E-state index contributed by atoms with van der Waals surface area (Å²) in [7, 11) is -3.90. The van der Waals surface area contributed by atoms with E-state index >= 15 is 0 Å². The molecule has 15 heteroatoms. The van der Waals surface area contributed by atoms with Crippen LogP contribution in [0.25, 0.3) is 0 Å². The number of thiazole rings is 1. The van der Waals surface area contributed by atoms with Crippen LogP contribution < -0.4 is 20.2 Å². The number of amides is 3. The first-order chi connectivity index (χ1) is 19.5. The number of nitrogens with two attached hydrogens (primary N) is 1. The smallest absolute Gasteiger partial charge is 0.308 e. The summed E-state index contributed by atoms with van der Waals surface area (Å²) >= 11 is 7.97. The minimum atomic E-state index is -3.90. The number of carbonyl (C=O) groups is 3. The lowest BCUT2D eigenvalue weighted by molar-refractivity contribution is -0.122. The van der Waals surface area contributed by atoms with Gasteiger partial charge in [0.2, 0.25) is 27.7 Å². The zero-order valence-electron chi connectivity index (χ0n) is 20.7. The van der Waals surface area contributed by atoms with E-state index in [1.165, 1.54) is 35.1 Å². The Kier molecular flexibility index (Phi) is 6.90. The van der Waals surface area contributed by atoms with Crippen molar-refractivity contribution in [2.45, 2.75) is 27.6 Å². The fourth-order valence-electron chi connectivity index (χ4n) is 4.95. The number of anilines is 2. The normalized spacial score (nSPS) is 20.1. The first-order valence-corrected chi connectivity index (χ1v) is 15.6. The van der Waals surface area contributed by atoms with E-state index in [0.29, 0.717) is 32.1 Å². The Morgan fingerprint density at radius 2 is 1.73 bits per heavy atom. The minimum Gasteiger partial charge on any atom is -0.469 e. The van der Waals surface area contributed by atoms with E-state index in [1.807, 2.05) is 0 Å². The molecule has 0 spiro atoms. The van der Waals surface area contributed by atoms with Gasteiger partial charge in [0.15, 0.2) is 0 Å². The number of thioether (sulfide) groups is 1. The molecule has 1 fully saturated rings. The number of benzene rings is 2. The number of sulfonamides is 1. The van der Waals surface area contributed by atoms with Gasteiger partial charge in [0.25, 0.3) is 0 Å². The van der Waals surface area contributed by atoms with Gasteiger partial charge in [0, 0.05) is 10.7 Å². The molecule has 0 bridgehead atoms. The van der Waals surface area contributed by atoms with Crippen LogP contribution in [0.1, 0.15) is 16.6 Å². The minimum absolute atomic E-state index is 0.114. The summed E-state index contributed by atoms with van der Waals surface area (Å²) < 4.78 is 29.9. The lowest BCUT2D eigenvalue weighted by Crippen LogP contribution is -2.32. The van der Waals surface area contributed by atoms with Crippen molar-refractivity contribution in [3.05, 3.63) is 92.3 Å². The van der Waals surface area contributed by atoms with Crippen LogP contribution in [0.4, 0.5) is 11.4 Å². The number of nitrogens with one attached hydrogen (secondary N) is 1. The van der Waals surface area contributed by atoms with Crippen LogP contribution in [0.3, 0.4) is 0 Å². The van der Waals surface area contributed by atoms with Gasteiger partial charge in [0.05, 0.1) is 38.6 Å². The molecule has 2 aliphatic heterocycles. The lowest BCUT2D eigenvalue weighted by Gasteiger charge is -2.29. The lowest BCUT2D eigenvalue weighted by atomic mass is 9.87. The van der Waals surface area contributed by atoms with Crippen molar-refractivity contribution >= 4 is 73.8 Å². The Morgan fingerprint density at radius 3 is 2.37 bits per heavy atom. The molecular formula is C26H19ClN4O7S3. The van der Waals surface area contributed by atoms with E-state index < -0.39 is 49.7 Å². The SMILES string of the molecule is NS(=O)(=O)c1ccc(NC(=O)Cn2c3c(sc2=O)[C@@H](c2ccco2)[C@@H]2C(=O)N(c4ccc(Cl)cc4)C(=O)[C@@H]2S3)cc1. The largest absolute Gasteiger partial charge is 0.469 e. The molecule has 0 saturated carbocycles. The first-order valence-electron chi connectivity index (χ1n) is 12.0. The molecule has 210 valence electrons. The van der Waals surface area contributed by atoms with Gasteiger partial charge in [-0.05, 0) is 60.7 Å². The first kappa shape index (κ1) is 27.5. The number of imide groups is 1. The number of nitrogens with zero attached hydrogens (tertiary/aromatic N) is 2. The van der Waals surface area contributed by atoms with Crippen LogP contribution in [-0.2, 0) is 31.0 Å². The molecule has 1 saturated heterocycles. The van der Waals surface area contributed by atoms with Gasteiger partial charge in [-0.2, -0.15) is 0 Å². The third kappa shape index (κ3) is 4.91. The summed E-state index contributed by atoms with van der Waals surface area (Å²) in [5.41, 5.74) is 0.682. The van der Waals surface area contributed by atoms with Gasteiger partial charge in [-0.1, -0.05) is 34.7 Å². The monoisotopic (exact) mass is 630 g/mol. The van der Waals surface area contributed by atoms with Crippen LogP contribution in [0.5, 0.6) is 0 Å². The van der Waals surface area contributed by atoms with Crippen LogP contribution in [0, 0.1) is 5.92 Å². The summed E-state index contributed by atoms with van der Waals surface area (Å²) in [5.74, 6) is -2.54. The highest BCUT2D eigenvalue weighted by Gasteiger charge is 2.57. The maximum Gasteiger partial charge on any atom is 0.308 e. The van der Waals surface area contributed by atoms with Crippen LogP contribution >= 0.6 is 34.7 Å². The Bertz CT molecular complexity index is 1850. The quantitative estimate of drug-likeness (QED) is 0.307. The fourth-order valence-corrected chi connectivity index (χ4v) is 8.34. The topological polar surface area (TPSA) is 162 Å². The number of fused-ring (bicyclic) bond motifs is 2. The highest BCUT2D eigenvalue weighted by Crippen LogP contribution is 2.53. The molecule has 3 atom stereocenters. The molecule has 3 N–H and O–H groups in total. The fraction of sp³-hybridized carbons (Fsp3) is 0.154. The summed E-state index contributed by atoms with van der Waals surface area (Å²) in [5, 5.41) is 7.74. The van der Waals surface area contributed by atoms with Crippen molar-refractivity contribution in [1.29, 1.82) is 0 Å². The molecule has 3 amide bonds. The average molecular weight is 631 g/mol. The molecular weight excluding hydrogens is 612 g/mol. The number of carbonyl (C=O) groups excluding carboxylic acids is 3. The second kappa shape index (κ2) is 10.3. The van der Waals surface area contributed by atoms with Crippen molar-refractivity contribution in [2.75, 3.05) is 10.2 Å². The molecule has 2 aromatic heterocycles.